The van der Waals surface area contributed by atoms with Crippen LogP contribution in [-0.4, -0.2) is 34.6 Å². The highest BCUT2D eigenvalue weighted by Crippen LogP contribution is 2.44. The van der Waals surface area contributed by atoms with Crippen LogP contribution in [-0.2, 0) is 6.54 Å². The van der Waals surface area contributed by atoms with Gasteiger partial charge >= 0.3 is 0 Å². The largest absolute Gasteiger partial charge is 0.311 e. The molecule has 0 amide bonds. The molecule has 1 aromatic heterocycles. The fraction of sp³-hybridized carbons (Fsp3) is 0.667. The molecule has 1 aliphatic heterocycles. The maximum atomic E-state index is 4.11. The van der Waals surface area contributed by atoms with Gasteiger partial charge in [-0.2, -0.15) is 0 Å². The molecule has 2 aliphatic rings. The maximum absolute atomic E-state index is 4.11. The van der Waals surface area contributed by atoms with Crippen LogP contribution in [0.1, 0.15) is 32.3 Å². The first-order valence-electron chi connectivity index (χ1n) is 7.06. The fourth-order valence-corrected chi connectivity index (χ4v) is 3.16. The molecule has 1 aromatic rings. The summed E-state index contributed by atoms with van der Waals surface area (Å²) in [7, 11) is 0. The van der Waals surface area contributed by atoms with Crippen LogP contribution in [0, 0.1) is 5.92 Å². The van der Waals surface area contributed by atoms with Crippen molar-refractivity contribution in [1.29, 1.82) is 0 Å². The van der Waals surface area contributed by atoms with Crippen LogP contribution in [0.2, 0.25) is 0 Å². The average Bonchev–Trinajstić information content (AvgIpc) is 3.20. The quantitative estimate of drug-likeness (QED) is 0.883. The number of hydrogen-bond acceptors (Lipinski definition) is 3. The van der Waals surface area contributed by atoms with Crippen molar-refractivity contribution in [3.8, 4) is 0 Å². The maximum Gasteiger partial charge on any atom is 0.0338 e. The Morgan fingerprint density at radius 2 is 2.11 bits per heavy atom. The lowest BCUT2D eigenvalue weighted by atomic mass is 9.89. The van der Waals surface area contributed by atoms with Crippen LogP contribution < -0.4 is 5.32 Å². The van der Waals surface area contributed by atoms with Crippen LogP contribution in [0.25, 0.3) is 0 Å². The van der Waals surface area contributed by atoms with E-state index in [-0.39, 0.29) is 0 Å². The van der Waals surface area contributed by atoms with Crippen molar-refractivity contribution in [2.45, 2.75) is 44.8 Å². The number of aromatic nitrogens is 1. The molecule has 3 rings (SSSR count). The van der Waals surface area contributed by atoms with Crippen molar-refractivity contribution >= 4 is 0 Å². The number of nitrogens with zero attached hydrogens (tertiary/aromatic N) is 2. The predicted octanol–water partition coefficient (Wildman–Crippen LogP) is 2.04. The van der Waals surface area contributed by atoms with Gasteiger partial charge < -0.3 is 5.32 Å². The van der Waals surface area contributed by atoms with Gasteiger partial charge in [0.2, 0.25) is 0 Å². The average molecular weight is 245 g/mol. The highest BCUT2D eigenvalue weighted by molar-refractivity contribution is 5.13. The molecule has 0 bridgehead atoms. The lowest BCUT2D eigenvalue weighted by molar-refractivity contribution is 0.0312. The zero-order valence-corrected chi connectivity index (χ0v) is 11.4. The molecule has 2 unspecified atom stereocenters. The van der Waals surface area contributed by atoms with Gasteiger partial charge in [0.1, 0.15) is 0 Å². The molecular weight excluding hydrogens is 222 g/mol. The first-order valence-corrected chi connectivity index (χ1v) is 7.06. The van der Waals surface area contributed by atoms with E-state index >= 15 is 0 Å². The Morgan fingerprint density at radius 1 is 1.39 bits per heavy atom. The number of rotatable bonds is 3. The van der Waals surface area contributed by atoms with E-state index in [4.69, 9.17) is 0 Å². The number of pyridine rings is 1. The molecule has 1 aliphatic carbocycles. The van der Waals surface area contributed by atoms with Gasteiger partial charge in [-0.1, -0.05) is 0 Å². The summed E-state index contributed by atoms with van der Waals surface area (Å²) in [6.07, 6.45) is 6.60. The van der Waals surface area contributed by atoms with Crippen LogP contribution in [0.3, 0.4) is 0 Å². The minimum atomic E-state index is 0.343. The Hall–Kier alpha value is -0.930. The van der Waals surface area contributed by atoms with Gasteiger partial charge in [-0.3, -0.25) is 9.88 Å². The molecule has 3 heteroatoms. The normalized spacial score (nSPS) is 33.6. The second-order valence-corrected chi connectivity index (χ2v) is 6.15. The third-order valence-corrected chi connectivity index (χ3v) is 4.60. The molecule has 2 fully saturated rings. The van der Waals surface area contributed by atoms with Crippen molar-refractivity contribution in [2.75, 3.05) is 13.1 Å². The predicted molar refractivity (Wildman–Crippen MR) is 73.2 cm³/mol. The minimum Gasteiger partial charge on any atom is -0.311 e. The van der Waals surface area contributed by atoms with Gasteiger partial charge in [0.05, 0.1) is 0 Å². The van der Waals surface area contributed by atoms with Crippen molar-refractivity contribution in [2.24, 2.45) is 5.92 Å². The van der Waals surface area contributed by atoms with Gasteiger partial charge in [-0.25, -0.2) is 0 Å². The molecule has 2 heterocycles. The first kappa shape index (κ1) is 12.1. The highest BCUT2D eigenvalue weighted by atomic mass is 15.3. The number of nitrogens with one attached hydrogen (secondary N) is 1. The van der Waals surface area contributed by atoms with E-state index in [1.807, 2.05) is 12.4 Å². The molecule has 1 saturated carbocycles. The Balaban J connectivity index is 1.77. The second-order valence-electron chi connectivity index (χ2n) is 6.15. The van der Waals surface area contributed by atoms with Crippen molar-refractivity contribution < 1.29 is 0 Å². The van der Waals surface area contributed by atoms with Crippen molar-refractivity contribution in [3.63, 3.8) is 0 Å². The van der Waals surface area contributed by atoms with Gasteiger partial charge in [0.25, 0.3) is 0 Å². The van der Waals surface area contributed by atoms with Crippen molar-refractivity contribution in [3.05, 3.63) is 30.1 Å². The topological polar surface area (TPSA) is 28.2 Å². The lowest BCUT2D eigenvalue weighted by Crippen LogP contribution is -2.63. The summed E-state index contributed by atoms with van der Waals surface area (Å²) >= 11 is 0. The Kier molecular flexibility index (Phi) is 3.12. The molecule has 1 N–H and O–H groups in total. The fourth-order valence-electron chi connectivity index (χ4n) is 3.16. The summed E-state index contributed by atoms with van der Waals surface area (Å²) in [6, 6.07) is 4.87. The van der Waals surface area contributed by atoms with E-state index in [1.165, 1.54) is 18.4 Å². The SMILES string of the molecule is CC1CN(Cc2ccncc2)C(C)(C2CC2)CN1. The third kappa shape index (κ3) is 2.29. The molecule has 0 aromatic carbocycles. The number of piperazine rings is 1. The zero-order valence-electron chi connectivity index (χ0n) is 11.4. The van der Waals surface area contributed by atoms with E-state index in [2.05, 4.69) is 41.2 Å². The number of hydrogen-bond donors (Lipinski definition) is 1. The molecule has 2 atom stereocenters. The van der Waals surface area contributed by atoms with Crippen LogP contribution in [0.15, 0.2) is 24.5 Å². The minimum absolute atomic E-state index is 0.343. The zero-order chi connectivity index (χ0) is 12.6. The standard InChI is InChI=1S/C15H23N3/c1-12-9-18(10-13-5-7-16-8-6-13)15(2,11-17-12)14-3-4-14/h5-8,12,14,17H,3-4,9-11H2,1-2H3. The van der Waals surface area contributed by atoms with Crippen LogP contribution >= 0.6 is 0 Å². The van der Waals surface area contributed by atoms with E-state index in [1.54, 1.807) is 0 Å². The van der Waals surface area contributed by atoms with Gasteiger partial charge in [0.15, 0.2) is 0 Å². The highest BCUT2D eigenvalue weighted by Gasteiger charge is 2.47. The smallest absolute Gasteiger partial charge is 0.0338 e. The molecule has 0 radical (unpaired) electrons. The van der Waals surface area contributed by atoms with Crippen LogP contribution in [0.4, 0.5) is 0 Å². The summed E-state index contributed by atoms with van der Waals surface area (Å²) in [5.74, 6) is 0.888. The third-order valence-electron chi connectivity index (χ3n) is 4.60. The lowest BCUT2D eigenvalue weighted by Gasteiger charge is -2.48. The molecule has 98 valence electrons. The first-order chi connectivity index (χ1) is 8.68. The Bertz CT molecular complexity index is 401. The second kappa shape index (κ2) is 4.63. The van der Waals surface area contributed by atoms with Gasteiger partial charge in [-0.05, 0) is 50.3 Å². The van der Waals surface area contributed by atoms with E-state index < -0.39 is 0 Å². The molecule has 3 nitrogen and oxygen atoms in total. The van der Waals surface area contributed by atoms with Gasteiger partial charge in [-0.15, -0.1) is 0 Å². The summed E-state index contributed by atoms with van der Waals surface area (Å²) in [5.41, 5.74) is 1.72. The summed E-state index contributed by atoms with van der Waals surface area (Å²) in [5, 5.41) is 3.66. The van der Waals surface area contributed by atoms with E-state index in [0.29, 0.717) is 11.6 Å². The summed E-state index contributed by atoms with van der Waals surface area (Å²) in [4.78, 5) is 6.79. The monoisotopic (exact) mass is 245 g/mol. The van der Waals surface area contributed by atoms with Crippen LogP contribution in [0.5, 0.6) is 0 Å². The molecule has 18 heavy (non-hydrogen) atoms. The molecule has 0 spiro atoms. The van der Waals surface area contributed by atoms with Gasteiger partial charge in [0, 0.05) is 43.6 Å². The van der Waals surface area contributed by atoms with E-state index in [9.17, 15) is 0 Å². The van der Waals surface area contributed by atoms with E-state index in [0.717, 1.165) is 25.6 Å². The summed E-state index contributed by atoms with van der Waals surface area (Å²) < 4.78 is 0. The molecule has 1 saturated heterocycles. The Morgan fingerprint density at radius 3 is 2.78 bits per heavy atom. The van der Waals surface area contributed by atoms with Crippen molar-refractivity contribution in [1.82, 2.24) is 15.2 Å². The molecular formula is C15H23N3. The summed E-state index contributed by atoms with van der Waals surface area (Å²) in [6.45, 7) is 8.05. The Labute approximate surface area is 110 Å².